The Morgan fingerprint density at radius 1 is 1.04 bits per heavy atom. The van der Waals surface area contributed by atoms with Gasteiger partial charge in [0.2, 0.25) is 15.9 Å². The minimum absolute atomic E-state index is 0.109. The number of nitrogens with zero attached hydrogens (tertiary/aromatic N) is 1. The fourth-order valence-electron chi connectivity index (χ4n) is 2.53. The number of aryl methyl sites for hydroxylation is 2. The standard InChI is InChI=1S/C19H24N2O3S2/c1-14-9-15(2)11-16(10-14)12-25-13-19(22)20-17-5-7-18(8-6-17)26(23,24)21(3)4/h5-11H,12-13H2,1-4H3,(H,20,22). The predicted octanol–water partition coefficient (Wildman–Crippen LogP) is 3.43. The zero-order chi connectivity index (χ0) is 19.3. The predicted molar refractivity (Wildman–Crippen MR) is 108 cm³/mol. The molecule has 0 unspecified atom stereocenters. The molecule has 0 aliphatic rings. The molecule has 2 aromatic carbocycles. The Labute approximate surface area is 159 Å². The number of amides is 1. The lowest BCUT2D eigenvalue weighted by Gasteiger charge is -2.12. The number of carbonyl (C=O) groups is 1. The van der Waals surface area contributed by atoms with Gasteiger partial charge in [0.15, 0.2) is 0 Å². The van der Waals surface area contributed by atoms with Gasteiger partial charge >= 0.3 is 0 Å². The summed E-state index contributed by atoms with van der Waals surface area (Å²) >= 11 is 1.55. The van der Waals surface area contributed by atoms with E-state index < -0.39 is 10.0 Å². The van der Waals surface area contributed by atoms with Crippen LogP contribution >= 0.6 is 11.8 Å². The second-order valence-corrected chi connectivity index (χ2v) is 9.49. The van der Waals surface area contributed by atoms with Gasteiger partial charge in [0.1, 0.15) is 0 Å². The molecule has 140 valence electrons. The van der Waals surface area contributed by atoms with E-state index >= 15 is 0 Å². The number of anilines is 1. The van der Waals surface area contributed by atoms with Gasteiger partial charge in [-0.15, -0.1) is 11.8 Å². The maximum absolute atomic E-state index is 12.1. The molecule has 0 atom stereocenters. The number of hydrogen-bond acceptors (Lipinski definition) is 4. The summed E-state index contributed by atoms with van der Waals surface area (Å²) in [5, 5.41) is 2.79. The fourth-order valence-corrected chi connectivity index (χ4v) is 4.20. The molecule has 0 heterocycles. The van der Waals surface area contributed by atoms with Gasteiger partial charge in [0, 0.05) is 25.5 Å². The highest BCUT2D eigenvalue weighted by Crippen LogP contribution is 2.18. The van der Waals surface area contributed by atoms with Crippen molar-refractivity contribution in [3.8, 4) is 0 Å². The highest BCUT2D eigenvalue weighted by Gasteiger charge is 2.16. The van der Waals surface area contributed by atoms with Crippen molar-refractivity contribution in [2.75, 3.05) is 25.2 Å². The Morgan fingerprint density at radius 2 is 1.62 bits per heavy atom. The summed E-state index contributed by atoms with van der Waals surface area (Å²) in [6.07, 6.45) is 0. The molecule has 0 radical (unpaired) electrons. The molecule has 2 rings (SSSR count). The van der Waals surface area contributed by atoms with Crippen LogP contribution in [0.15, 0.2) is 47.4 Å². The summed E-state index contributed by atoms with van der Waals surface area (Å²) in [7, 11) is -0.489. The molecule has 7 heteroatoms. The van der Waals surface area contributed by atoms with E-state index in [9.17, 15) is 13.2 Å². The molecule has 0 saturated carbocycles. The van der Waals surface area contributed by atoms with E-state index in [2.05, 4.69) is 37.4 Å². The Bertz CT molecular complexity index is 856. The zero-order valence-corrected chi connectivity index (χ0v) is 17.1. The molecule has 0 bridgehead atoms. The topological polar surface area (TPSA) is 66.5 Å². The number of hydrogen-bond donors (Lipinski definition) is 1. The lowest BCUT2D eigenvalue weighted by molar-refractivity contribution is -0.113. The minimum atomic E-state index is -3.46. The lowest BCUT2D eigenvalue weighted by Crippen LogP contribution is -2.22. The molecule has 2 aromatic rings. The molecule has 0 fully saturated rings. The molecule has 5 nitrogen and oxygen atoms in total. The summed E-state index contributed by atoms with van der Waals surface area (Å²) in [5.41, 5.74) is 4.23. The minimum Gasteiger partial charge on any atom is -0.325 e. The van der Waals surface area contributed by atoms with Gasteiger partial charge in [0.05, 0.1) is 10.6 Å². The normalized spacial score (nSPS) is 11.6. The van der Waals surface area contributed by atoms with E-state index in [0.29, 0.717) is 11.4 Å². The Kier molecular flexibility index (Phi) is 6.86. The molecule has 0 aromatic heterocycles. The van der Waals surface area contributed by atoms with E-state index in [1.807, 2.05) is 0 Å². The molecule has 0 spiro atoms. The van der Waals surface area contributed by atoms with E-state index in [4.69, 9.17) is 0 Å². The summed E-state index contributed by atoms with van der Waals surface area (Å²) in [5.74, 6) is 1.00. The van der Waals surface area contributed by atoms with E-state index in [-0.39, 0.29) is 10.8 Å². The van der Waals surface area contributed by atoms with Crippen LogP contribution in [0.25, 0.3) is 0 Å². The molecular formula is C19H24N2O3S2. The van der Waals surface area contributed by atoms with Crippen molar-refractivity contribution in [1.29, 1.82) is 0 Å². The molecule has 0 saturated heterocycles. The van der Waals surface area contributed by atoms with Gasteiger partial charge in [-0.25, -0.2) is 12.7 Å². The lowest BCUT2D eigenvalue weighted by atomic mass is 10.1. The third kappa shape index (κ3) is 5.59. The molecule has 1 amide bonds. The smallest absolute Gasteiger partial charge is 0.242 e. The van der Waals surface area contributed by atoms with Crippen molar-refractivity contribution in [3.63, 3.8) is 0 Å². The average molecular weight is 393 g/mol. The summed E-state index contributed by atoms with van der Waals surface area (Å²) < 4.78 is 25.2. The van der Waals surface area contributed by atoms with Gasteiger partial charge in [-0.2, -0.15) is 0 Å². The molecule has 26 heavy (non-hydrogen) atoms. The van der Waals surface area contributed by atoms with Crippen LogP contribution < -0.4 is 5.32 Å². The highest BCUT2D eigenvalue weighted by molar-refractivity contribution is 7.99. The molecular weight excluding hydrogens is 368 g/mol. The van der Waals surface area contributed by atoms with Crippen molar-refractivity contribution < 1.29 is 13.2 Å². The first-order valence-electron chi connectivity index (χ1n) is 8.16. The van der Waals surface area contributed by atoms with Crippen LogP contribution in [0, 0.1) is 13.8 Å². The van der Waals surface area contributed by atoms with Crippen LogP contribution in [0.4, 0.5) is 5.69 Å². The van der Waals surface area contributed by atoms with Crippen molar-refractivity contribution in [2.24, 2.45) is 0 Å². The van der Waals surface area contributed by atoms with E-state index in [1.165, 1.54) is 42.9 Å². The zero-order valence-electron chi connectivity index (χ0n) is 15.4. The Hall–Kier alpha value is -1.83. The van der Waals surface area contributed by atoms with Crippen molar-refractivity contribution in [3.05, 3.63) is 59.2 Å². The number of rotatable bonds is 7. The highest BCUT2D eigenvalue weighted by atomic mass is 32.2. The van der Waals surface area contributed by atoms with Crippen LogP contribution in [0.1, 0.15) is 16.7 Å². The SMILES string of the molecule is Cc1cc(C)cc(CSCC(=O)Nc2ccc(S(=O)(=O)N(C)C)cc2)c1. The Balaban J connectivity index is 1.88. The quantitative estimate of drug-likeness (QED) is 0.784. The number of benzene rings is 2. The van der Waals surface area contributed by atoms with Crippen molar-refractivity contribution in [1.82, 2.24) is 4.31 Å². The largest absolute Gasteiger partial charge is 0.325 e. The fraction of sp³-hybridized carbons (Fsp3) is 0.316. The number of thioether (sulfide) groups is 1. The van der Waals surface area contributed by atoms with Gasteiger partial charge in [0.25, 0.3) is 0 Å². The first-order valence-corrected chi connectivity index (χ1v) is 10.8. The third-order valence-electron chi connectivity index (χ3n) is 3.70. The Morgan fingerprint density at radius 3 is 2.15 bits per heavy atom. The second-order valence-electron chi connectivity index (χ2n) is 6.35. The maximum Gasteiger partial charge on any atom is 0.242 e. The van der Waals surface area contributed by atoms with Crippen LogP contribution in [0.2, 0.25) is 0 Å². The first-order chi connectivity index (χ1) is 12.2. The second kappa shape index (κ2) is 8.70. The van der Waals surface area contributed by atoms with Crippen LogP contribution in [0.3, 0.4) is 0 Å². The van der Waals surface area contributed by atoms with Crippen molar-refractivity contribution >= 4 is 33.4 Å². The molecule has 0 aliphatic heterocycles. The third-order valence-corrected chi connectivity index (χ3v) is 6.53. The van der Waals surface area contributed by atoms with Gasteiger partial charge in [-0.1, -0.05) is 29.3 Å². The summed E-state index contributed by atoms with van der Waals surface area (Å²) in [6, 6.07) is 12.6. The first kappa shape index (κ1) is 20.5. The monoisotopic (exact) mass is 392 g/mol. The van der Waals surface area contributed by atoms with Crippen LogP contribution in [-0.4, -0.2) is 38.5 Å². The van der Waals surface area contributed by atoms with Gasteiger partial charge in [-0.3, -0.25) is 4.79 Å². The van der Waals surface area contributed by atoms with E-state index in [0.717, 1.165) is 10.1 Å². The van der Waals surface area contributed by atoms with Gasteiger partial charge in [-0.05, 0) is 43.7 Å². The maximum atomic E-state index is 12.1. The van der Waals surface area contributed by atoms with Crippen LogP contribution in [0.5, 0.6) is 0 Å². The van der Waals surface area contributed by atoms with Gasteiger partial charge < -0.3 is 5.32 Å². The van der Waals surface area contributed by atoms with E-state index in [1.54, 1.807) is 23.9 Å². The summed E-state index contributed by atoms with van der Waals surface area (Å²) in [4.78, 5) is 12.3. The molecule has 1 N–H and O–H groups in total. The summed E-state index contributed by atoms with van der Waals surface area (Å²) in [6.45, 7) is 4.13. The number of nitrogens with one attached hydrogen (secondary N) is 1. The number of sulfonamides is 1. The average Bonchev–Trinajstić information content (AvgIpc) is 2.54. The van der Waals surface area contributed by atoms with Crippen molar-refractivity contribution in [2.45, 2.75) is 24.5 Å². The molecule has 0 aliphatic carbocycles. The number of carbonyl (C=O) groups excluding carboxylic acids is 1. The van der Waals surface area contributed by atoms with Crippen LogP contribution in [-0.2, 0) is 20.6 Å².